The molecule has 2 saturated carbocycles. The second kappa shape index (κ2) is 6.36. The van der Waals surface area contributed by atoms with Crippen LogP contribution in [0.5, 0.6) is 0 Å². The van der Waals surface area contributed by atoms with Gasteiger partial charge in [-0.3, -0.25) is 4.98 Å². The average Bonchev–Trinajstić information content (AvgIpc) is 3.13. The molecule has 0 amide bonds. The topological polar surface area (TPSA) is 24.9 Å². The zero-order valence-electron chi connectivity index (χ0n) is 12.0. The SMILES string of the molecule is CCC1CCC(CNC2CC2)C(Cc2cncs2)C1. The molecular weight excluding hydrogens is 252 g/mol. The van der Waals surface area contributed by atoms with Crippen molar-refractivity contribution in [3.8, 4) is 0 Å². The van der Waals surface area contributed by atoms with Crippen LogP contribution in [0.15, 0.2) is 11.7 Å². The van der Waals surface area contributed by atoms with Gasteiger partial charge in [-0.1, -0.05) is 19.8 Å². The zero-order valence-corrected chi connectivity index (χ0v) is 12.8. The van der Waals surface area contributed by atoms with Crippen LogP contribution >= 0.6 is 11.3 Å². The van der Waals surface area contributed by atoms with E-state index in [2.05, 4.69) is 23.4 Å². The lowest BCUT2D eigenvalue weighted by atomic mass is 9.71. The van der Waals surface area contributed by atoms with Crippen molar-refractivity contribution in [3.63, 3.8) is 0 Å². The van der Waals surface area contributed by atoms with E-state index in [1.165, 1.54) is 56.4 Å². The molecule has 0 saturated heterocycles. The Morgan fingerprint density at radius 2 is 2.16 bits per heavy atom. The second-order valence-electron chi connectivity index (χ2n) is 6.46. The lowest BCUT2D eigenvalue weighted by Gasteiger charge is -2.36. The van der Waals surface area contributed by atoms with Gasteiger partial charge in [-0.2, -0.15) is 0 Å². The van der Waals surface area contributed by atoms with Crippen LogP contribution in [0.3, 0.4) is 0 Å². The average molecular weight is 278 g/mol. The van der Waals surface area contributed by atoms with Crippen LogP contribution in [0, 0.1) is 17.8 Å². The van der Waals surface area contributed by atoms with E-state index < -0.39 is 0 Å². The van der Waals surface area contributed by atoms with Gasteiger partial charge in [-0.15, -0.1) is 11.3 Å². The summed E-state index contributed by atoms with van der Waals surface area (Å²) in [5, 5.41) is 3.76. The minimum Gasteiger partial charge on any atom is -0.314 e. The van der Waals surface area contributed by atoms with Crippen molar-refractivity contribution in [2.75, 3.05) is 6.54 Å². The summed E-state index contributed by atoms with van der Waals surface area (Å²) in [6.07, 6.45) is 11.8. The maximum Gasteiger partial charge on any atom is 0.0794 e. The van der Waals surface area contributed by atoms with Crippen LogP contribution in [0.25, 0.3) is 0 Å². The van der Waals surface area contributed by atoms with Crippen molar-refractivity contribution >= 4 is 11.3 Å². The van der Waals surface area contributed by atoms with Crippen LogP contribution in [0.4, 0.5) is 0 Å². The smallest absolute Gasteiger partial charge is 0.0794 e. The minimum absolute atomic E-state index is 0.855. The fourth-order valence-electron chi connectivity index (χ4n) is 3.52. The van der Waals surface area contributed by atoms with Crippen molar-refractivity contribution < 1.29 is 0 Å². The van der Waals surface area contributed by atoms with Gasteiger partial charge in [0.2, 0.25) is 0 Å². The summed E-state index contributed by atoms with van der Waals surface area (Å²) in [5.74, 6) is 2.74. The zero-order chi connectivity index (χ0) is 13.1. The third-order valence-corrected chi connectivity index (χ3v) is 5.82. The fourth-order valence-corrected chi connectivity index (χ4v) is 4.21. The minimum atomic E-state index is 0.855. The summed E-state index contributed by atoms with van der Waals surface area (Å²) in [6.45, 7) is 3.61. The largest absolute Gasteiger partial charge is 0.314 e. The lowest BCUT2D eigenvalue weighted by Crippen LogP contribution is -2.34. The summed E-state index contributed by atoms with van der Waals surface area (Å²) in [6, 6.07) is 0.855. The highest BCUT2D eigenvalue weighted by Crippen LogP contribution is 2.38. The summed E-state index contributed by atoms with van der Waals surface area (Å²) in [7, 11) is 0. The van der Waals surface area contributed by atoms with Crippen molar-refractivity contribution in [2.24, 2.45) is 17.8 Å². The molecule has 3 unspecified atom stereocenters. The normalized spacial score (nSPS) is 31.5. The van der Waals surface area contributed by atoms with E-state index in [9.17, 15) is 0 Å². The Labute approximate surface area is 121 Å². The molecule has 0 bridgehead atoms. The Balaban J connectivity index is 1.58. The van der Waals surface area contributed by atoms with Gasteiger partial charge in [0, 0.05) is 17.1 Å². The molecule has 3 atom stereocenters. The number of hydrogen-bond donors (Lipinski definition) is 1. The van der Waals surface area contributed by atoms with Crippen molar-refractivity contribution in [1.82, 2.24) is 10.3 Å². The van der Waals surface area contributed by atoms with Crippen molar-refractivity contribution in [1.29, 1.82) is 0 Å². The summed E-state index contributed by atoms with van der Waals surface area (Å²) < 4.78 is 0. The van der Waals surface area contributed by atoms with Crippen molar-refractivity contribution in [3.05, 3.63) is 16.6 Å². The first-order chi connectivity index (χ1) is 9.35. The highest BCUT2D eigenvalue weighted by Gasteiger charge is 2.31. The molecular formula is C16H26N2S. The van der Waals surface area contributed by atoms with Crippen LogP contribution in [-0.4, -0.2) is 17.6 Å². The highest BCUT2D eigenvalue weighted by molar-refractivity contribution is 7.09. The van der Waals surface area contributed by atoms with E-state index in [0.29, 0.717) is 0 Å². The number of rotatable bonds is 6. The Bertz CT molecular complexity index is 372. The predicted octanol–water partition coefficient (Wildman–Crippen LogP) is 3.88. The Morgan fingerprint density at radius 3 is 2.84 bits per heavy atom. The maximum absolute atomic E-state index is 4.24. The van der Waals surface area contributed by atoms with E-state index in [0.717, 1.165) is 23.8 Å². The van der Waals surface area contributed by atoms with Gasteiger partial charge in [0.1, 0.15) is 0 Å². The summed E-state index contributed by atoms with van der Waals surface area (Å²) in [4.78, 5) is 5.72. The van der Waals surface area contributed by atoms with Crippen LogP contribution in [0.2, 0.25) is 0 Å². The first kappa shape index (κ1) is 13.6. The summed E-state index contributed by atoms with van der Waals surface area (Å²) >= 11 is 1.83. The molecule has 2 nitrogen and oxygen atoms in total. The van der Waals surface area contributed by atoms with E-state index in [1.54, 1.807) is 0 Å². The molecule has 1 N–H and O–H groups in total. The Morgan fingerprint density at radius 1 is 1.26 bits per heavy atom. The number of thiazole rings is 1. The maximum atomic E-state index is 4.24. The molecule has 106 valence electrons. The fraction of sp³-hybridized carbons (Fsp3) is 0.812. The van der Waals surface area contributed by atoms with E-state index in [-0.39, 0.29) is 0 Å². The molecule has 1 aromatic heterocycles. The number of aromatic nitrogens is 1. The third-order valence-electron chi connectivity index (χ3n) is 5.02. The highest BCUT2D eigenvalue weighted by atomic mass is 32.1. The monoisotopic (exact) mass is 278 g/mol. The Kier molecular flexibility index (Phi) is 4.54. The van der Waals surface area contributed by atoms with Gasteiger partial charge < -0.3 is 5.32 Å². The molecule has 3 rings (SSSR count). The predicted molar refractivity (Wildman–Crippen MR) is 81.5 cm³/mol. The van der Waals surface area contributed by atoms with Crippen molar-refractivity contribution in [2.45, 2.75) is 57.9 Å². The standard InChI is InChI=1S/C16H26N2S/c1-2-12-3-4-13(9-18-15-5-6-15)14(7-12)8-16-10-17-11-19-16/h10-15,18H,2-9H2,1H3. The van der Waals surface area contributed by atoms with E-state index in [4.69, 9.17) is 0 Å². The third kappa shape index (κ3) is 3.79. The van der Waals surface area contributed by atoms with Gasteiger partial charge in [-0.05, 0) is 56.4 Å². The van der Waals surface area contributed by atoms with Crippen LogP contribution < -0.4 is 5.32 Å². The molecule has 2 aliphatic rings. The summed E-state index contributed by atoms with van der Waals surface area (Å²) in [5.41, 5.74) is 1.98. The van der Waals surface area contributed by atoms with E-state index >= 15 is 0 Å². The molecule has 2 fully saturated rings. The number of nitrogens with one attached hydrogen (secondary N) is 1. The van der Waals surface area contributed by atoms with Gasteiger partial charge in [0.15, 0.2) is 0 Å². The molecule has 2 aliphatic carbocycles. The number of hydrogen-bond acceptors (Lipinski definition) is 3. The molecule has 1 heterocycles. The molecule has 0 radical (unpaired) electrons. The quantitative estimate of drug-likeness (QED) is 0.854. The van der Waals surface area contributed by atoms with Gasteiger partial charge in [-0.25, -0.2) is 0 Å². The van der Waals surface area contributed by atoms with Crippen LogP contribution in [0.1, 0.15) is 50.3 Å². The first-order valence-electron chi connectivity index (χ1n) is 7.96. The molecule has 3 heteroatoms. The molecule has 0 aromatic carbocycles. The lowest BCUT2D eigenvalue weighted by molar-refractivity contribution is 0.171. The Hall–Kier alpha value is -0.410. The molecule has 0 spiro atoms. The number of nitrogens with zero attached hydrogens (tertiary/aromatic N) is 1. The second-order valence-corrected chi connectivity index (χ2v) is 7.43. The van der Waals surface area contributed by atoms with Gasteiger partial charge in [0.05, 0.1) is 5.51 Å². The molecule has 1 aromatic rings. The van der Waals surface area contributed by atoms with Crippen LogP contribution in [-0.2, 0) is 6.42 Å². The van der Waals surface area contributed by atoms with Gasteiger partial charge in [0.25, 0.3) is 0 Å². The molecule has 0 aliphatic heterocycles. The van der Waals surface area contributed by atoms with E-state index in [1.807, 2.05) is 16.8 Å². The van der Waals surface area contributed by atoms with Gasteiger partial charge >= 0.3 is 0 Å². The molecule has 19 heavy (non-hydrogen) atoms. The first-order valence-corrected chi connectivity index (χ1v) is 8.84.